The zero-order valence-electron chi connectivity index (χ0n) is 10.4. The van der Waals surface area contributed by atoms with Crippen LogP contribution in [0.3, 0.4) is 0 Å². The van der Waals surface area contributed by atoms with E-state index in [1.165, 1.54) is 30.0 Å². The molecular weight excluding hydrogens is 299 g/mol. The van der Waals surface area contributed by atoms with Gasteiger partial charge in [0.15, 0.2) is 0 Å². The lowest BCUT2D eigenvalue weighted by Crippen LogP contribution is -2.25. The smallest absolute Gasteiger partial charge is 0.383 e. The van der Waals surface area contributed by atoms with Gasteiger partial charge in [0.25, 0.3) is 9.84 Å². The van der Waals surface area contributed by atoms with Gasteiger partial charge in [0.2, 0.25) is 0 Å². The summed E-state index contributed by atoms with van der Waals surface area (Å²) in [6.45, 7) is 2.27. The van der Waals surface area contributed by atoms with Crippen molar-refractivity contribution >= 4 is 27.3 Å². The second-order valence-corrected chi connectivity index (χ2v) is 7.06. The van der Waals surface area contributed by atoms with Crippen molar-refractivity contribution in [2.45, 2.75) is 22.6 Å². The van der Waals surface area contributed by atoms with Crippen LogP contribution in [0.1, 0.15) is 6.92 Å². The minimum atomic E-state index is -5.33. The summed E-state index contributed by atoms with van der Waals surface area (Å²) in [6.07, 6.45) is 1.87. The summed E-state index contributed by atoms with van der Waals surface area (Å²) < 4.78 is 60.5. The standard InChI is InChI=1S/C11H14F3NO2S2/c1-8(18-2)7-15-9-5-3-4-6-10(9)19(16,17)11(12,13)14/h3-6,8,15H,7H2,1-2H3. The average molecular weight is 313 g/mol. The molecule has 0 aliphatic carbocycles. The molecule has 0 aromatic heterocycles. The molecule has 3 nitrogen and oxygen atoms in total. The van der Waals surface area contributed by atoms with Crippen LogP contribution in [-0.4, -0.2) is 32.0 Å². The molecule has 0 saturated heterocycles. The van der Waals surface area contributed by atoms with Gasteiger partial charge in [-0.25, -0.2) is 8.42 Å². The van der Waals surface area contributed by atoms with Crippen LogP contribution in [0.4, 0.5) is 18.9 Å². The topological polar surface area (TPSA) is 46.2 Å². The molecule has 1 aromatic rings. The summed E-state index contributed by atoms with van der Waals surface area (Å²) in [4.78, 5) is -0.740. The molecule has 1 rings (SSSR count). The van der Waals surface area contributed by atoms with Crippen LogP contribution < -0.4 is 5.32 Å². The van der Waals surface area contributed by atoms with Crippen LogP contribution in [0, 0.1) is 0 Å². The van der Waals surface area contributed by atoms with Crippen LogP contribution in [0.5, 0.6) is 0 Å². The molecule has 0 aliphatic rings. The van der Waals surface area contributed by atoms with Crippen LogP contribution in [0.25, 0.3) is 0 Å². The monoisotopic (exact) mass is 313 g/mol. The van der Waals surface area contributed by atoms with E-state index >= 15 is 0 Å². The second-order valence-electron chi connectivity index (χ2n) is 3.87. The number of anilines is 1. The van der Waals surface area contributed by atoms with Gasteiger partial charge in [0.05, 0.1) is 10.6 Å². The molecule has 0 fully saturated rings. The van der Waals surface area contributed by atoms with E-state index < -0.39 is 20.2 Å². The molecule has 0 heterocycles. The molecule has 1 unspecified atom stereocenters. The molecule has 0 spiro atoms. The van der Waals surface area contributed by atoms with E-state index in [4.69, 9.17) is 0 Å². The Labute approximate surface area is 114 Å². The number of nitrogens with one attached hydrogen (secondary N) is 1. The highest BCUT2D eigenvalue weighted by Gasteiger charge is 2.47. The van der Waals surface area contributed by atoms with E-state index in [2.05, 4.69) is 5.32 Å². The molecule has 0 aliphatic heterocycles. The van der Waals surface area contributed by atoms with Crippen molar-refractivity contribution in [1.29, 1.82) is 0 Å². The average Bonchev–Trinajstić information content (AvgIpc) is 2.34. The van der Waals surface area contributed by atoms with Crippen molar-refractivity contribution in [2.75, 3.05) is 18.1 Å². The van der Waals surface area contributed by atoms with Crippen molar-refractivity contribution < 1.29 is 21.6 Å². The molecular formula is C11H14F3NO2S2. The lowest BCUT2D eigenvalue weighted by atomic mass is 10.3. The van der Waals surface area contributed by atoms with Crippen molar-refractivity contribution in [3.63, 3.8) is 0 Å². The quantitative estimate of drug-likeness (QED) is 0.907. The van der Waals surface area contributed by atoms with Crippen molar-refractivity contribution in [3.05, 3.63) is 24.3 Å². The molecule has 0 amide bonds. The fraction of sp³-hybridized carbons (Fsp3) is 0.455. The second kappa shape index (κ2) is 6.04. The van der Waals surface area contributed by atoms with Gasteiger partial charge in [-0.3, -0.25) is 0 Å². The number of sulfone groups is 1. The third kappa shape index (κ3) is 3.79. The molecule has 108 valence electrons. The van der Waals surface area contributed by atoms with Gasteiger partial charge in [-0.15, -0.1) is 0 Å². The number of hydrogen-bond donors (Lipinski definition) is 1. The predicted molar refractivity (Wildman–Crippen MR) is 71.1 cm³/mol. The Balaban J connectivity index is 3.10. The number of alkyl halides is 3. The summed E-state index contributed by atoms with van der Waals surface area (Å²) in [5, 5.41) is 2.90. The lowest BCUT2D eigenvalue weighted by molar-refractivity contribution is -0.0435. The Morgan fingerprint density at radius 1 is 1.32 bits per heavy atom. The number of benzene rings is 1. The maximum atomic E-state index is 12.5. The molecule has 0 bridgehead atoms. The normalized spacial score (nSPS) is 14.2. The Hall–Kier alpha value is -0.890. The van der Waals surface area contributed by atoms with Crippen molar-refractivity contribution in [2.24, 2.45) is 0 Å². The third-order valence-electron chi connectivity index (χ3n) is 2.46. The number of rotatable bonds is 5. The summed E-state index contributed by atoms with van der Waals surface area (Å²) in [5.74, 6) is 0. The zero-order chi connectivity index (χ0) is 14.7. The summed E-state index contributed by atoms with van der Waals surface area (Å²) in [6, 6.07) is 5.03. The van der Waals surface area contributed by atoms with Crippen molar-refractivity contribution in [3.8, 4) is 0 Å². The summed E-state index contributed by atoms with van der Waals surface area (Å²) >= 11 is 1.53. The first-order valence-corrected chi connectivity index (χ1v) is 8.14. The van der Waals surface area contributed by atoms with Crippen LogP contribution in [0.15, 0.2) is 29.2 Å². The molecule has 1 N–H and O–H groups in total. The van der Waals surface area contributed by atoms with E-state index in [1.807, 2.05) is 13.2 Å². The molecule has 1 atom stereocenters. The fourth-order valence-corrected chi connectivity index (χ4v) is 2.50. The number of thioether (sulfide) groups is 1. The maximum Gasteiger partial charge on any atom is 0.501 e. The van der Waals surface area contributed by atoms with Gasteiger partial charge in [0, 0.05) is 11.8 Å². The molecule has 0 saturated carbocycles. The molecule has 1 aromatic carbocycles. The first kappa shape index (κ1) is 16.2. The van der Waals surface area contributed by atoms with Gasteiger partial charge < -0.3 is 5.32 Å². The van der Waals surface area contributed by atoms with Gasteiger partial charge in [0.1, 0.15) is 0 Å². The summed E-state index contributed by atoms with van der Waals surface area (Å²) in [5.41, 5.74) is -5.32. The van der Waals surface area contributed by atoms with Crippen LogP contribution >= 0.6 is 11.8 Å². The summed E-state index contributed by atoms with van der Waals surface area (Å²) in [7, 11) is -5.33. The first-order chi connectivity index (χ1) is 8.70. The maximum absolute atomic E-state index is 12.5. The van der Waals surface area contributed by atoms with Gasteiger partial charge in [-0.2, -0.15) is 24.9 Å². The molecule has 19 heavy (non-hydrogen) atoms. The van der Waals surface area contributed by atoms with Crippen LogP contribution in [-0.2, 0) is 9.84 Å². The number of halogens is 3. The minimum Gasteiger partial charge on any atom is -0.383 e. The fourth-order valence-electron chi connectivity index (χ4n) is 1.31. The van der Waals surface area contributed by atoms with E-state index in [9.17, 15) is 21.6 Å². The SMILES string of the molecule is CSC(C)CNc1ccccc1S(=O)(=O)C(F)(F)F. The molecule has 8 heteroatoms. The third-order valence-corrected chi connectivity index (χ3v) is 4.98. The highest BCUT2D eigenvalue weighted by atomic mass is 32.2. The highest BCUT2D eigenvalue weighted by Crippen LogP contribution is 2.34. The first-order valence-electron chi connectivity index (χ1n) is 5.37. The predicted octanol–water partition coefficient (Wildman–Crippen LogP) is 3.14. The van der Waals surface area contributed by atoms with Gasteiger partial charge >= 0.3 is 5.51 Å². The van der Waals surface area contributed by atoms with Crippen molar-refractivity contribution in [1.82, 2.24) is 0 Å². The van der Waals surface area contributed by atoms with Gasteiger partial charge in [-0.1, -0.05) is 19.1 Å². The van der Waals surface area contributed by atoms with Crippen LogP contribution in [0.2, 0.25) is 0 Å². The van der Waals surface area contributed by atoms with Gasteiger partial charge in [-0.05, 0) is 18.4 Å². The Bertz CT molecular complexity index is 529. The number of hydrogen-bond acceptors (Lipinski definition) is 4. The molecule has 0 radical (unpaired) electrons. The Morgan fingerprint density at radius 2 is 1.89 bits per heavy atom. The number of para-hydroxylation sites is 1. The van der Waals surface area contributed by atoms with E-state index in [0.717, 1.165) is 6.07 Å². The Kier molecular flexibility index (Phi) is 5.14. The van der Waals surface area contributed by atoms with E-state index in [0.29, 0.717) is 6.54 Å². The van der Waals surface area contributed by atoms with E-state index in [-0.39, 0.29) is 10.9 Å². The zero-order valence-corrected chi connectivity index (χ0v) is 12.0. The minimum absolute atomic E-state index is 0.0271. The lowest BCUT2D eigenvalue weighted by Gasteiger charge is -2.16. The largest absolute Gasteiger partial charge is 0.501 e. The van der Waals surface area contributed by atoms with E-state index in [1.54, 1.807) is 0 Å². The Morgan fingerprint density at radius 3 is 2.42 bits per heavy atom. The highest BCUT2D eigenvalue weighted by molar-refractivity contribution is 7.99.